The van der Waals surface area contributed by atoms with Crippen LogP contribution in [0.1, 0.15) is 6.42 Å². The summed E-state index contributed by atoms with van der Waals surface area (Å²) < 4.78 is 0. The Labute approximate surface area is 66.9 Å². The Morgan fingerprint density at radius 3 is 1.82 bits per heavy atom. The monoisotopic (exact) mass is 154 g/mol. The molecule has 0 aromatic rings. The first-order valence-corrected chi connectivity index (χ1v) is 3.93. The Morgan fingerprint density at radius 2 is 1.45 bits per heavy atom. The van der Waals surface area contributed by atoms with Gasteiger partial charge in [0, 0.05) is 0 Å². The molecule has 0 aromatic heterocycles. The van der Waals surface area contributed by atoms with Crippen molar-refractivity contribution >= 4 is 0 Å². The van der Waals surface area contributed by atoms with Gasteiger partial charge in [-0.3, -0.25) is 0 Å². The molecule has 0 spiro atoms. The lowest BCUT2D eigenvalue weighted by atomic mass is 10.3. The Morgan fingerprint density at radius 1 is 1.00 bits per heavy atom. The highest BCUT2D eigenvalue weighted by Gasteiger charge is 2.31. The molecule has 2 nitrogen and oxygen atoms in total. The van der Waals surface area contributed by atoms with Crippen molar-refractivity contribution in [3.05, 3.63) is 24.3 Å². The average Bonchev–Trinajstić information content (AvgIpc) is 2.76. The molecular weight excluding hydrogens is 140 g/mol. The van der Waals surface area contributed by atoms with Crippen molar-refractivity contribution in [2.24, 2.45) is 11.8 Å². The summed E-state index contributed by atoms with van der Waals surface area (Å²) in [5, 5.41) is 16.9. The lowest BCUT2D eigenvalue weighted by molar-refractivity contribution is 0.341. The van der Waals surface area contributed by atoms with Gasteiger partial charge in [0.2, 0.25) is 0 Å². The molecule has 2 N–H and O–H groups in total. The van der Waals surface area contributed by atoms with E-state index in [0.29, 0.717) is 11.8 Å². The molecule has 1 rings (SSSR count). The second kappa shape index (κ2) is 4.31. The Hall–Kier alpha value is -0.600. The molecule has 62 valence electrons. The average molecular weight is 154 g/mol. The van der Waals surface area contributed by atoms with Gasteiger partial charge in [-0.15, -0.1) is 0 Å². The molecule has 0 radical (unpaired) electrons. The first kappa shape index (κ1) is 8.50. The SMILES string of the molecule is OC/C=C/[C@@H]1C[C@H]1/C=C/CO. The van der Waals surface area contributed by atoms with Gasteiger partial charge in [0.15, 0.2) is 0 Å². The van der Waals surface area contributed by atoms with E-state index in [9.17, 15) is 0 Å². The van der Waals surface area contributed by atoms with Gasteiger partial charge in [0.05, 0.1) is 13.2 Å². The van der Waals surface area contributed by atoms with Crippen molar-refractivity contribution in [1.82, 2.24) is 0 Å². The van der Waals surface area contributed by atoms with Crippen LogP contribution in [0.3, 0.4) is 0 Å². The van der Waals surface area contributed by atoms with Crippen LogP contribution in [-0.4, -0.2) is 23.4 Å². The third kappa shape index (κ3) is 2.87. The van der Waals surface area contributed by atoms with Gasteiger partial charge in [0.1, 0.15) is 0 Å². The summed E-state index contributed by atoms with van der Waals surface area (Å²) in [7, 11) is 0. The molecule has 0 unspecified atom stereocenters. The van der Waals surface area contributed by atoms with Crippen LogP contribution in [0.2, 0.25) is 0 Å². The molecule has 0 heterocycles. The number of aliphatic hydroxyl groups is 2. The van der Waals surface area contributed by atoms with Crippen molar-refractivity contribution in [1.29, 1.82) is 0 Å². The summed E-state index contributed by atoms with van der Waals surface area (Å²) in [6, 6.07) is 0. The standard InChI is InChI=1S/C9H14O2/c10-5-1-3-8-7-9(8)4-2-6-11/h1-4,8-11H,5-7H2/b3-1+,4-2+/t8-,9-/m1/s1. The third-order valence-corrected chi connectivity index (χ3v) is 1.87. The predicted molar refractivity (Wildman–Crippen MR) is 44.0 cm³/mol. The fourth-order valence-corrected chi connectivity index (χ4v) is 1.15. The molecule has 0 amide bonds. The second-order valence-electron chi connectivity index (χ2n) is 2.78. The van der Waals surface area contributed by atoms with Crippen molar-refractivity contribution in [3.63, 3.8) is 0 Å². The molecule has 0 saturated heterocycles. The maximum atomic E-state index is 8.46. The fourth-order valence-electron chi connectivity index (χ4n) is 1.15. The van der Waals surface area contributed by atoms with Gasteiger partial charge in [0.25, 0.3) is 0 Å². The predicted octanol–water partition coefficient (Wildman–Crippen LogP) is 0.720. The molecule has 2 heteroatoms. The van der Waals surface area contributed by atoms with E-state index in [1.807, 2.05) is 12.2 Å². The van der Waals surface area contributed by atoms with E-state index in [4.69, 9.17) is 10.2 Å². The molecule has 1 aliphatic carbocycles. The smallest absolute Gasteiger partial charge is 0.0612 e. The molecule has 0 bridgehead atoms. The van der Waals surface area contributed by atoms with Gasteiger partial charge in [-0.1, -0.05) is 24.3 Å². The summed E-state index contributed by atoms with van der Waals surface area (Å²) in [6.07, 6.45) is 8.78. The van der Waals surface area contributed by atoms with Crippen LogP contribution in [0.25, 0.3) is 0 Å². The van der Waals surface area contributed by atoms with E-state index in [0.717, 1.165) is 6.42 Å². The highest BCUT2D eigenvalue weighted by atomic mass is 16.3. The van der Waals surface area contributed by atoms with E-state index in [2.05, 4.69) is 0 Å². The Balaban J connectivity index is 2.16. The quantitative estimate of drug-likeness (QED) is 0.586. The molecule has 1 saturated carbocycles. The minimum Gasteiger partial charge on any atom is -0.392 e. The molecular formula is C9H14O2. The zero-order chi connectivity index (χ0) is 8.10. The molecule has 2 atom stereocenters. The Bertz CT molecular complexity index is 143. The van der Waals surface area contributed by atoms with Crippen molar-refractivity contribution in [2.75, 3.05) is 13.2 Å². The molecule has 11 heavy (non-hydrogen) atoms. The van der Waals surface area contributed by atoms with Crippen LogP contribution in [0.15, 0.2) is 24.3 Å². The zero-order valence-electron chi connectivity index (χ0n) is 6.48. The van der Waals surface area contributed by atoms with E-state index in [1.165, 1.54) is 0 Å². The maximum absolute atomic E-state index is 8.46. The van der Waals surface area contributed by atoms with Crippen LogP contribution in [0, 0.1) is 11.8 Å². The highest BCUT2D eigenvalue weighted by molar-refractivity contribution is 5.10. The molecule has 1 fully saturated rings. The van der Waals surface area contributed by atoms with Gasteiger partial charge >= 0.3 is 0 Å². The number of hydrogen-bond donors (Lipinski definition) is 2. The minimum atomic E-state index is 0.132. The molecule has 0 aliphatic heterocycles. The second-order valence-corrected chi connectivity index (χ2v) is 2.78. The first-order valence-electron chi connectivity index (χ1n) is 3.93. The van der Waals surface area contributed by atoms with Crippen LogP contribution in [0.4, 0.5) is 0 Å². The largest absolute Gasteiger partial charge is 0.392 e. The van der Waals surface area contributed by atoms with Crippen LogP contribution in [-0.2, 0) is 0 Å². The number of rotatable bonds is 4. The summed E-state index contributed by atoms with van der Waals surface area (Å²) in [5.41, 5.74) is 0. The Kier molecular flexibility index (Phi) is 3.33. The van der Waals surface area contributed by atoms with E-state index in [1.54, 1.807) is 12.2 Å². The zero-order valence-corrected chi connectivity index (χ0v) is 6.48. The third-order valence-electron chi connectivity index (χ3n) is 1.87. The van der Waals surface area contributed by atoms with Crippen LogP contribution < -0.4 is 0 Å². The van der Waals surface area contributed by atoms with Crippen molar-refractivity contribution < 1.29 is 10.2 Å². The van der Waals surface area contributed by atoms with Gasteiger partial charge in [-0.05, 0) is 18.3 Å². The van der Waals surface area contributed by atoms with Gasteiger partial charge in [-0.25, -0.2) is 0 Å². The number of hydrogen-bond acceptors (Lipinski definition) is 2. The van der Waals surface area contributed by atoms with Crippen molar-refractivity contribution in [2.45, 2.75) is 6.42 Å². The lowest BCUT2D eigenvalue weighted by Crippen LogP contribution is -1.77. The fraction of sp³-hybridized carbons (Fsp3) is 0.556. The number of allylic oxidation sites excluding steroid dienone is 2. The first-order chi connectivity index (χ1) is 5.38. The maximum Gasteiger partial charge on any atom is 0.0612 e. The minimum absolute atomic E-state index is 0.132. The molecule has 1 aliphatic rings. The summed E-state index contributed by atoms with van der Waals surface area (Å²) in [6.45, 7) is 0.264. The summed E-state index contributed by atoms with van der Waals surface area (Å²) >= 11 is 0. The summed E-state index contributed by atoms with van der Waals surface area (Å²) in [4.78, 5) is 0. The normalized spacial score (nSPS) is 30.4. The highest BCUT2D eigenvalue weighted by Crippen LogP contribution is 2.40. The number of aliphatic hydroxyl groups excluding tert-OH is 2. The van der Waals surface area contributed by atoms with Gasteiger partial charge < -0.3 is 10.2 Å². The van der Waals surface area contributed by atoms with Crippen LogP contribution in [0.5, 0.6) is 0 Å². The summed E-state index contributed by atoms with van der Waals surface area (Å²) in [5.74, 6) is 1.20. The molecule has 0 aromatic carbocycles. The topological polar surface area (TPSA) is 40.5 Å². The lowest BCUT2D eigenvalue weighted by Gasteiger charge is -1.83. The van der Waals surface area contributed by atoms with E-state index in [-0.39, 0.29) is 13.2 Å². The van der Waals surface area contributed by atoms with Crippen LogP contribution >= 0.6 is 0 Å². The van der Waals surface area contributed by atoms with E-state index < -0.39 is 0 Å². The van der Waals surface area contributed by atoms with E-state index >= 15 is 0 Å². The van der Waals surface area contributed by atoms with Crippen molar-refractivity contribution in [3.8, 4) is 0 Å². The van der Waals surface area contributed by atoms with Gasteiger partial charge in [-0.2, -0.15) is 0 Å².